The minimum Gasteiger partial charge on any atom is -0.458 e. The largest absolute Gasteiger partial charge is 0.458 e. The molecule has 0 aromatic heterocycles. The summed E-state index contributed by atoms with van der Waals surface area (Å²) < 4.78 is 20.1. The fourth-order valence-electron chi connectivity index (χ4n) is 4.97. The highest BCUT2D eigenvalue weighted by molar-refractivity contribution is 5.85. The van der Waals surface area contributed by atoms with Gasteiger partial charge in [-0.15, -0.1) is 12.4 Å². The summed E-state index contributed by atoms with van der Waals surface area (Å²) in [6, 6.07) is 5.18. The van der Waals surface area contributed by atoms with Gasteiger partial charge in [-0.3, -0.25) is 4.79 Å². The molecule has 2 aliphatic carbocycles. The van der Waals surface area contributed by atoms with Crippen molar-refractivity contribution in [2.24, 2.45) is 0 Å². The summed E-state index contributed by atoms with van der Waals surface area (Å²) in [5, 5.41) is 0. The second-order valence-electron chi connectivity index (χ2n) is 7.73. The smallest absolute Gasteiger partial charge is 0.303 e. The number of hydrogen-bond donors (Lipinski definition) is 0. The van der Waals surface area contributed by atoms with Crippen molar-refractivity contribution < 1.29 is 13.9 Å². The summed E-state index contributed by atoms with van der Waals surface area (Å²) in [7, 11) is 4.12. The van der Waals surface area contributed by atoms with Gasteiger partial charge in [0.15, 0.2) is 0 Å². The normalized spacial score (nSPS) is 27.9. The number of ether oxygens (including phenoxy) is 1. The fourth-order valence-corrected chi connectivity index (χ4v) is 4.97. The van der Waals surface area contributed by atoms with Crippen LogP contribution in [0.1, 0.15) is 56.6 Å². The molecule has 2 atom stereocenters. The molecule has 0 aliphatic heterocycles. The first kappa shape index (κ1) is 20.2. The maximum atomic E-state index is 14.1. The van der Waals surface area contributed by atoms with Crippen molar-refractivity contribution in [2.45, 2.75) is 62.9 Å². The molecule has 0 spiro atoms. The lowest BCUT2D eigenvalue weighted by atomic mass is 9.53. The molecule has 3 nitrogen and oxygen atoms in total. The Hall–Kier alpha value is -1.13. The number of nitrogens with zero attached hydrogens (tertiary/aromatic N) is 1. The van der Waals surface area contributed by atoms with Gasteiger partial charge in [0.25, 0.3) is 0 Å². The topological polar surface area (TPSA) is 29.5 Å². The van der Waals surface area contributed by atoms with Gasteiger partial charge >= 0.3 is 5.97 Å². The molecule has 140 valence electrons. The Balaban J connectivity index is 0.00000225. The molecular formula is C20H29ClFNO2. The van der Waals surface area contributed by atoms with Crippen molar-refractivity contribution in [1.29, 1.82) is 0 Å². The van der Waals surface area contributed by atoms with Crippen LogP contribution in [0.2, 0.25) is 0 Å². The van der Waals surface area contributed by atoms with Gasteiger partial charge in [0, 0.05) is 12.3 Å². The summed E-state index contributed by atoms with van der Waals surface area (Å²) in [5.41, 5.74) is 1.56. The van der Waals surface area contributed by atoms with E-state index in [1.165, 1.54) is 12.5 Å². The molecule has 0 N–H and O–H groups in total. The Morgan fingerprint density at radius 2 is 1.96 bits per heavy atom. The number of carbonyl (C=O) groups excluding carboxylic acids is 1. The number of carbonyl (C=O) groups is 1. The minimum atomic E-state index is -0.478. The second kappa shape index (κ2) is 7.63. The van der Waals surface area contributed by atoms with E-state index in [1.54, 1.807) is 12.1 Å². The van der Waals surface area contributed by atoms with E-state index in [0.717, 1.165) is 57.1 Å². The Labute approximate surface area is 156 Å². The van der Waals surface area contributed by atoms with Crippen LogP contribution < -0.4 is 0 Å². The van der Waals surface area contributed by atoms with Crippen LogP contribution in [-0.2, 0) is 21.4 Å². The third kappa shape index (κ3) is 3.56. The molecule has 0 saturated heterocycles. The zero-order valence-corrected chi connectivity index (χ0v) is 16.3. The molecular weight excluding hydrogens is 341 g/mol. The number of halogens is 2. The number of hydrogen-bond acceptors (Lipinski definition) is 3. The summed E-state index contributed by atoms with van der Waals surface area (Å²) in [6.45, 7) is 2.40. The SMILES string of the molecule is CC(=O)O[C@]12CCCC[C@@]1(CCN(C)C)c1cc(F)ccc1CC2.Cl. The van der Waals surface area contributed by atoms with Gasteiger partial charge < -0.3 is 9.64 Å². The third-order valence-electron chi connectivity index (χ3n) is 6.02. The average Bonchev–Trinajstić information content (AvgIpc) is 2.52. The van der Waals surface area contributed by atoms with Crippen LogP contribution in [0.4, 0.5) is 4.39 Å². The van der Waals surface area contributed by atoms with Gasteiger partial charge in [0.2, 0.25) is 0 Å². The summed E-state index contributed by atoms with van der Waals surface area (Å²) in [4.78, 5) is 14.1. The van der Waals surface area contributed by atoms with Crippen LogP contribution in [0.15, 0.2) is 18.2 Å². The Morgan fingerprint density at radius 1 is 1.24 bits per heavy atom. The van der Waals surface area contributed by atoms with E-state index in [2.05, 4.69) is 19.0 Å². The first-order valence-corrected chi connectivity index (χ1v) is 9.02. The molecule has 1 aromatic rings. The van der Waals surface area contributed by atoms with Crippen LogP contribution in [0.5, 0.6) is 0 Å². The number of aryl methyl sites for hydroxylation is 1. The molecule has 1 fully saturated rings. The molecule has 0 unspecified atom stereocenters. The molecule has 0 radical (unpaired) electrons. The van der Waals surface area contributed by atoms with E-state index in [9.17, 15) is 9.18 Å². The van der Waals surface area contributed by atoms with Crippen molar-refractivity contribution in [2.75, 3.05) is 20.6 Å². The lowest BCUT2D eigenvalue weighted by Crippen LogP contribution is -2.59. The second-order valence-corrected chi connectivity index (χ2v) is 7.73. The van der Waals surface area contributed by atoms with Gasteiger partial charge in [-0.05, 0) is 82.4 Å². The van der Waals surface area contributed by atoms with Crippen LogP contribution in [0.25, 0.3) is 0 Å². The van der Waals surface area contributed by atoms with Gasteiger partial charge in [0.05, 0.1) is 0 Å². The van der Waals surface area contributed by atoms with E-state index >= 15 is 0 Å². The monoisotopic (exact) mass is 369 g/mol. The average molecular weight is 370 g/mol. The Kier molecular flexibility index (Phi) is 6.16. The summed E-state index contributed by atoms with van der Waals surface area (Å²) >= 11 is 0. The molecule has 3 rings (SSSR count). The molecule has 1 saturated carbocycles. The van der Waals surface area contributed by atoms with Crippen LogP contribution >= 0.6 is 12.4 Å². The van der Waals surface area contributed by atoms with Gasteiger partial charge in [-0.2, -0.15) is 0 Å². The minimum absolute atomic E-state index is 0. The van der Waals surface area contributed by atoms with Crippen LogP contribution in [0, 0.1) is 5.82 Å². The first-order valence-electron chi connectivity index (χ1n) is 9.02. The maximum absolute atomic E-state index is 14.1. The number of esters is 1. The highest BCUT2D eigenvalue weighted by Gasteiger charge is 2.58. The fraction of sp³-hybridized carbons (Fsp3) is 0.650. The molecule has 25 heavy (non-hydrogen) atoms. The van der Waals surface area contributed by atoms with Crippen molar-refractivity contribution in [3.63, 3.8) is 0 Å². The predicted octanol–water partition coefficient (Wildman–Crippen LogP) is 4.26. The van der Waals surface area contributed by atoms with E-state index in [1.807, 2.05) is 6.07 Å². The lowest BCUT2D eigenvalue weighted by Gasteiger charge is -2.56. The molecule has 0 amide bonds. The lowest BCUT2D eigenvalue weighted by molar-refractivity contribution is -0.177. The summed E-state index contributed by atoms with van der Waals surface area (Å²) in [5.74, 6) is -0.409. The van der Waals surface area contributed by atoms with E-state index in [0.29, 0.717) is 0 Å². The van der Waals surface area contributed by atoms with Crippen molar-refractivity contribution in [1.82, 2.24) is 4.90 Å². The van der Waals surface area contributed by atoms with Gasteiger partial charge in [0.1, 0.15) is 11.4 Å². The highest BCUT2D eigenvalue weighted by Crippen LogP contribution is 2.56. The van der Waals surface area contributed by atoms with Crippen LogP contribution in [0.3, 0.4) is 0 Å². The van der Waals surface area contributed by atoms with Crippen molar-refractivity contribution in [3.8, 4) is 0 Å². The Morgan fingerprint density at radius 3 is 2.64 bits per heavy atom. The molecule has 2 aliphatic rings. The van der Waals surface area contributed by atoms with Crippen molar-refractivity contribution >= 4 is 18.4 Å². The van der Waals surface area contributed by atoms with E-state index < -0.39 is 5.60 Å². The number of fused-ring (bicyclic) bond motifs is 3. The molecule has 1 aromatic carbocycles. The van der Waals surface area contributed by atoms with E-state index in [4.69, 9.17) is 4.74 Å². The first-order chi connectivity index (χ1) is 11.4. The predicted molar refractivity (Wildman–Crippen MR) is 99.8 cm³/mol. The maximum Gasteiger partial charge on any atom is 0.303 e. The number of rotatable bonds is 4. The third-order valence-corrected chi connectivity index (χ3v) is 6.02. The van der Waals surface area contributed by atoms with Gasteiger partial charge in [-0.25, -0.2) is 4.39 Å². The highest BCUT2D eigenvalue weighted by atomic mass is 35.5. The van der Waals surface area contributed by atoms with Crippen LogP contribution in [-0.4, -0.2) is 37.1 Å². The zero-order valence-electron chi connectivity index (χ0n) is 15.4. The number of benzene rings is 1. The quantitative estimate of drug-likeness (QED) is 0.743. The molecule has 5 heteroatoms. The van der Waals surface area contributed by atoms with Crippen molar-refractivity contribution in [3.05, 3.63) is 35.1 Å². The van der Waals surface area contributed by atoms with E-state index in [-0.39, 0.29) is 29.6 Å². The molecule has 0 bridgehead atoms. The summed E-state index contributed by atoms with van der Waals surface area (Å²) in [6.07, 6.45) is 6.61. The Bertz CT molecular complexity index is 636. The zero-order chi connectivity index (χ0) is 17.4. The van der Waals surface area contributed by atoms with Gasteiger partial charge in [-0.1, -0.05) is 12.5 Å². The molecule has 0 heterocycles. The standard InChI is InChI=1S/C20H28FNO2.ClH/c1-15(23)24-20-10-5-4-9-19(20,12-13-22(2)3)18-14-17(21)7-6-16(18)8-11-20;/h6-7,14H,4-5,8-13H2,1-3H3;1H/t19-,20+;/m1./s1.